The predicted molar refractivity (Wildman–Crippen MR) is 73.0 cm³/mol. The predicted octanol–water partition coefficient (Wildman–Crippen LogP) is 2.14. The van der Waals surface area contributed by atoms with Crippen LogP contribution in [0.15, 0.2) is 0 Å². The van der Waals surface area contributed by atoms with Gasteiger partial charge in [0.1, 0.15) is 11.8 Å². The van der Waals surface area contributed by atoms with E-state index in [0.717, 1.165) is 25.7 Å². The maximum absolute atomic E-state index is 12.7. The number of imide groups is 1. The standard InChI is InChI=1S/C13H22N2O3Si/c1-19(2,3)15-11(16)10-9-18-13(14(10)12(15)17)7-5-4-6-8-13/h10H,4-9H2,1-3H3/t10-/m1/s1. The Labute approximate surface area is 115 Å². The number of urea groups is 1. The fourth-order valence-corrected chi connectivity index (χ4v) is 5.10. The van der Waals surface area contributed by atoms with Gasteiger partial charge in [-0.15, -0.1) is 0 Å². The van der Waals surface area contributed by atoms with Crippen LogP contribution in [0.25, 0.3) is 0 Å². The number of fused-ring (bicyclic) bond motifs is 2. The molecule has 5 nitrogen and oxygen atoms in total. The quantitative estimate of drug-likeness (QED) is 0.547. The van der Waals surface area contributed by atoms with Gasteiger partial charge >= 0.3 is 6.03 Å². The Balaban J connectivity index is 1.94. The molecule has 1 saturated carbocycles. The van der Waals surface area contributed by atoms with Crippen LogP contribution in [0, 0.1) is 0 Å². The van der Waals surface area contributed by atoms with Gasteiger partial charge in [0.15, 0.2) is 8.24 Å². The van der Waals surface area contributed by atoms with Crippen molar-refractivity contribution in [2.45, 2.75) is 63.5 Å². The summed E-state index contributed by atoms with van der Waals surface area (Å²) < 4.78 is 7.48. The first kappa shape index (κ1) is 13.1. The van der Waals surface area contributed by atoms with E-state index < -0.39 is 14.0 Å². The summed E-state index contributed by atoms with van der Waals surface area (Å²) in [4.78, 5) is 27.0. The molecule has 0 aromatic heterocycles. The highest BCUT2D eigenvalue weighted by molar-refractivity contribution is 6.78. The lowest BCUT2D eigenvalue weighted by Gasteiger charge is -2.40. The van der Waals surface area contributed by atoms with Gasteiger partial charge < -0.3 is 4.74 Å². The minimum Gasteiger partial charge on any atom is -0.353 e. The van der Waals surface area contributed by atoms with Crippen LogP contribution < -0.4 is 0 Å². The van der Waals surface area contributed by atoms with E-state index in [2.05, 4.69) is 0 Å². The highest BCUT2D eigenvalue weighted by atomic mass is 28.3. The second kappa shape index (κ2) is 4.05. The van der Waals surface area contributed by atoms with Crippen molar-refractivity contribution in [1.29, 1.82) is 0 Å². The van der Waals surface area contributed by atoms with Gasteiger partial charge in [-0.25, -0.2) is 4.79 Å². The number of carbonyl (C=O) groups excluding carboxylic acids is 2. The monoisotopic (exact) mass is 282 g/mol. The summed E-state index contributed by atoms with van der Waals surface area (Å²) in [6.45, 7) is 6.50. The van der Waals surface area contributed by atoms with Gasteiger partial charge in [0, 0.05) is 0 Å². The second-order valence-electron chi connectivity index (χ2n) is 6.83. The number of hydrogen-bond donors (Lipinski definition) is 0. The maximum atomic E-state index is 12.7. The van der Waals surface area contributed by atoms with Gasteiger partial charge in [-0.3, -0.25) is 14.3 Å². The molecule has 0 bridgehead atoms. The molecule has 1 spiro atoms. The Morgan fingerprint density at radius 2 is 1.79 bits per heavy atom. The van der Waals surface area contributed by atoms with Crippen LogP contribution in [-0.2, 0) is 9.53 Å². The van der Waals surface area contributed by atoms with Crippen LogP contribution in [0.2, 0.25) is 19.6 Å². The molecule has 3 amide bonds. The van der Waals surface area contributed by atoms with E-state index in [4.69, 9.17) is 4.74 Å². The molecule has 1 aliphatic carbocycles. The van der Waals surface area contributed by atoms with E-state index in [1.807, 2.05) is 19.6 Å². The van der Waals surface area contributed by atoms with Gasteiger partial charge in [0.05, 0.1) is 6.61 Å². The Morgan fingerprint density at radius 3 is 2.37 bits per heavy atom. The number of hydrogen-bond acceptors (Lipinski definition) is 3. The summed E-state index contributed by atoms with van der Waals surface area (Å²) >= 11 is 0. The van der Waals surface area contributed by atoms with Crippen molar-refractivity contribution in [2.24, 2.45) is 0 Å². The zero-order valence-corrected chi connectivity index (χ0v) is 12.9. The zero-order valence-electron chi connectivity index (χ0n) is 11.9. The average molecular weight is 282 g/mol. The van der Waals surface area contributed by atoms with Crippen LogP contribution in [-0.4, -0.2) is 48.0 Å². The number of rotatable bonds is 1. The molecule has 0 unspecified atom stereocenters. The minimum absolute atomic E-state index is 0.0355. The van der Waals surface area contributed by atoms with Crippen molar-refractivity contribution >= 4 is 20.2 Å². The third kappa shape index (κ3) is 1.76. The Bertz CT molecular complexity index is 426. The van der Waals surface area contributed by atoms with Crippen LogP contribution >= 0.6 is 0 Å². The van der Waals surface area contributed by atoms with E-state index in [9.17, 15) is 9.59 Å². The molecule has 2 saturated heterocycles. The van der Waals surface area contributed by atoms with Crippen molar-refractivity contribution in [3.05, 3.63) is 0 Å². The molecule has 0 aromatic rings. The third-order valence-electron chi connectivity index (χ3n) is 4.47. The summed E-state index contributed by atoms with van der Waals surface area (Å²) in [5.74, 6) is -0.0355. The Kier molecular flexibility index (Phi) is 2.80. The SMILES string of the molecule is C[Si](C)(C)N1C(=O)[C@H]2COC3(CCCCC3)N2C1=O. The third-order valence-corrected chi connectivity index (χ3v) is 6.22. The van der Waals surface area contributed by atoms with Crippen molar-refractivity contribution in [3.63, 3.8) is 0 Å². The Hall–Kier alpha value is -0.883. The summed E-state index contributed by atoms with van der Waals surface area (Å²) in [7, 11) is -1.96. The summed E-state index contributed by atoms with van der Waals surface area (Å²) in [5, 5.41) is 0. The molecule has 3 fully saturated rings. The molecule has 0 N–H and O–H groups in total. The van der Waals surface area contributed by atoms with E-state index in [1.54, 1.807) is 9.47 Å². The fourth-order valence-electron chi connectivity index (χ4n) is 3.61. The summed E-state index contributed by atoms with van der Waals surface area (Å²) in [6.07, 6.45) is 5.11. The van der Waals surface area contributed by atoms with Gasteiger partial charge in [-0.05, 0) is 25.7 Å². The smallest absolute Gasteiger partial charge is 0.321 e. The number of amides is 3. The molecule has 6 heteroatoms. The number of ether oxygens (including phenoxy) is 1. The van der Waals surface area contributed by atoms with E-state index >= 15 is 0 Å². The van der Waals surface area contributed by atoms with Crippen molar-refractivity contribution in [1.82, 2.24) is 9.47 Å². The normalized spacial score (nSPS) is 30.4. The topological polar surface area (TPSA) is 49.9 Å². The molecule has 3 rings (SSSR count). The lowest BCUT2D eigenvalue weighted by molar-refractivity contribution is -0.125. The first-order valence-electron chi connectivity index (χ1n) is 7.18. The molecule has 2 aliphatic heterocycles. The average Bonchev–Trinajstić information content (AvgIpc) is 2.79. The molecular formula is C13H22N2O3Si. The zero-order chi connectivity index (χ0) is 13.8. The number of carbonyl (C=O) groups is 2. The highest BCUT2D eigenvalue weighted by Crippen LogP contribution is 2.44. The van der Waals surface area contributed by atoms with Crippen molar-refractivity contribution < 1.29 is 14.3 Å². The largest absolute Gasteiger partial charge is 0.353 e. The van der Waals surface area contributed by atoms with Crippen molar-refractivity contribution in [2.75, 3.05) is 6.61 Å². The lowest BCUT2D eigenvalue weighted by atomic mass is 9.90. The molecule has 3 aliphatic rings. The van der Waals surface area contributed by atoms with Gasteiger partial charge in [-0.1, -0.05) is 26.1 Å². The van der Waals surface area contributed by atoms with Gasteiger partial charge in [0.25, 0.3) is 0 Å². The van der Waals surface area contributed by atoms with E-state index in [0.29, 0.717) is 6.61 Å². The van der Waals surface area contributed by atoms with Crippen molar-refractivity contribution in [3.8, 4) is 0 Å². The molecular weight excluding hydrogens is 260 g/mol. The molecule has 1 atom stereocenters. The summed E-state index contributed by atoms with van der Waals surface area (Å²) in [6, 6.07) is -0.467. The molecule has 0 radical (unpaired) electrons. The molecule has 2 heterocycles. The van der Waals surface area contributed by atoms with Crippen LogP contribution in [0.1, 0.15) is 32.1 Å². The first-order valence-corrected chi connectivity index (χ1v) is 10.6. The highest BCUT2D eigenvalue weighted by Gasteiger charge is 2.61. The van der Waals surface area contributed by atoms with Gasteiger partial charge in [0.2, 0.25) is 5.91 Å². The summed E-state index contributed by atoms with van der Waals surface area (Å²) in [5.41, 5.74) is -0.482. The number of nitrogens with zero attached hydrogens (tertiary/aromatic N) is 2. The Morgan fingerprint density at radius 1 is 1.16 bits per heavy atom. The van der Waals surface area contributed by atoms with Gasteiger partial charge in [-0.2, -0.15) is 0 Å². The van der Waals surface area contributed by atoms with Crippen LogP contribution in [0.4, 0.5) is 4.79 Å². The van der Waals surface area contributed by atoms with E-state index in [-0.39, 0.29) is 18.0 Å². The lowest BCUT2D eigenvalue weighted by Crippen LogP contribution is -2.54. The van der Waals surface area contributed by atoms with Crippen LogP contribution in [0.3, 0.4) is 0 Å². The minimum atomic E-state index is -1.96. The maximum Gasteiger partial charge on any atom is 0.321 e. The molecule has 106 valence electrons. The van der Waals surface area contributed by atoms with Crippen LogP contribution in [0.5, 0.6) is 0 Å². The molecule has 19 heavy (non-hydrogen) atoms. The fraction of sp³-hybridized carbons (Fsp3) is 0.846. The van der Waals surface area contributed by atoms with E-state index in [1.165, 1.54) is 6.42 Å². The first-order chi connectivity index (χ1) is 8.87. The second-order valence-corrected chi connectivity index (χ2v) is 11.6. The molecule has 0 aromatic carbocycles.